The van der Waals surface area contributed by atoms with E-state index in [-0.39, 0.29) is 11.8 Å². The second-order valence-electron chi connectivity index (χ2n) is 5.61. The van der Waals surface area contributed by atoms with Gasteiger partial charge in [0.2, 0.25) is 0 Å². The summed E-state index contributed by atoms with van der Waals surface area (Å²) in [5.74, 6) is -1.06. The van der Waals surface area contributed by atoms with Gasteiger partial charge in [-0.15, -0.1) is 0 Å². The third-order valence-electron chi connectivity index (χ3n) is 3.33. The smallest absolute Gasteiger partial charge is 0.345 e. The van der Waals surface area contributed by atoms with Crippen molar-refractivity contribution in [3.8, 4) is 5.75 Å². The molecular weight excluding hydrogens is 330 g/mol. The van der Waals surface area contributed by atoms with Crippen molar-refractivity contribution in [1.29, 1.82) is 0 Å². The van der Waals surface area contributed by atoms with Crippen molar-refractivity contribution < 1.29 is 19.4 Å². The molecule has 5 nitrogen and oxygen atoms in total. The molecular formula is C18H18ClNO4. The molecule has 0 saturated carbocycles. The molecule has 0 heterocycles. The van der Waals surface area contributed by atoms with Gasteiger partial charge in [0.25, 0.3) is 5.91 Å². The molecule has 1 amide bonds. The molecule has 1 atom stereocenters. The number of carboxylic acids is 1. The second kappa shape index (κ2) is 7.84. The summed E-state index contributed by atoms with van der Waals surface area (Å²) in [5, 5.41) is 12.5. The molecule has 0 aliphatic heterocycles. The van der Waals surface area contributed by atoms with Gasteiger partial charge in [0, 0.05) is 22.2 Å². The van der Waals surface area contributed by atoms with Gasteiger partial charge < -0.3 is 15.2 Å². The Morgan fingerprint density at radius 3 is 2.12 bits per heavy atom. The van der Waals surface area contributed by atoms with Gasteiger partial charge in [-0.25, -0.2) is 4.79 Å². The normalized spacial score (nSPS) is 11.8. The Bertz CT molecular complexity index is 711. The van der Waals surface area contributed by atoms with Crippen LogP contribution in [-0.2, 0) is 4.79 Å². The summed E-state index contributed by atoms with van der Waals surface area (Å²) < 4.78 is 5.46. The van der Waals surface area contributed by atoms with E-state index in [1.165, 1.54) is 0 Å². The number of rotatable bonds is 6. The summed E-state index contributed by atoms with van der Waals surface area (Å²) in [4.78, 5) is 23.3. The van der Waals surface area contributed by atoms with Crippen molar-refractivity contribution in [2.24, 2.45) is 5.92 Å². The summed E-state index contributed by atoms with van der Waals surface area (Å²) in [6.07, 6.45) is -0.932. The lowest BCUT2D eigenvalue weighted by molar-refractivity contribution is -0.147. The zero-order chi connectivity index (χ0) is 17.7. The molecule has 24 heavy (non-hydrogen) atoms. The van der Waals surface area contributed by atoms with Crippen LogP contribution in [-0.4, -0.2) is 23.1 Å². The summed E-state index contributed by atoms with van der Waals surface area (Å²) in [5.41, 5.74) is 1.07. The Morgan fingerprint density at radius 2 is 1.62 bits per heavy atom. The van der Waals surface area contributed by atoms with Crippen LogP contribution in [0.4, 0.5) is 5.69 Å². The van der Waals surface area contributed by atoms with Crippen molar-refractivity contribution >= 4 is 29.2 Å². The first kappa shape index (κ1) is 17.8. The van der Waals surface area contributed by atoms with Crippen molar-refractivity contribution in [2.45, 2.75) is 20.0 Å². The fourth-order valence-electron chi connectivity index (χ4n) is 2.04. The zero-order valence-corrected chi connectivity index (χ0v) is 14.1. The highest BCUT2D eigenvalue weighted by atomic mass is 35.5. The van der Waals surface area contributed by atoms with Crippen molar-refractivity contribution in [3.05, 3.63) is 59.1 Å². The summed E-state index contributed by atoms with van der Waals surface area (Å²) in [6.45, 7) is 3.54. The predicted octanol–water partition coefficient (Wildman–Crippen LogP) is 4.08. The number of carboxylic acid groups (broad SMARTS) is 1. The predicted molar refractivity (Wildman–Crippen MR) is 92.7 cm³/mol. The average molecular weight is 348 g/mol. The van der Waals surface area contributed by atoms with E-state index in [4.69, 9.17) is 21.4 Å². The third kappa shape index (κ3) is 4.73. The van der Waals surface area contributed by atoms with E-state index in [9.17, 15) is 9.59 Å². The van der Waals surface area contributed by atoms with E-state index in [2.05, 4.69) is 5.32 Å². The Hall–Kier alpha value is -2.53. The lowest BCUT2D eigenvalue weighted by Gasteiger charge is -2.18. The fourth-order valence-corrected chi connectivity index (χ4v) is 2.17. The van der Waals surface area contributed by atoms with Crippen LogP contribution in [0.1, 0.15) is 24.2 Å². The second-order valence-corrected chi connectivity index (χ2v) is 6.04. The van der Waals surface area contributed by atoms with Gasteiger partial charge in [-0.1, -0.05) is 25.4 Å². The number of carbonyl (C=O) groups excluding carboxylic acids is 1. The molecule has 0 saturated heterocycles. The van der Waals surface area contributed by atoms with Crippen LogP contribution in [0.3, 0.4) is 0 Å². The zero-order valence-electron chi connectivity index (χ0n) is 13.3. The molecule has 0 aromatic heterocycles. The van der Waals surface area contributed by atoms with Gasteiger partial charge in [0.05, 0.1) is 0 Å². The number of ether oxygens (including phenoxy) is 1. The number of carbonyl (C=O) groups is 2. The van der Waals surface area contributed by atoms with Gasteiger partial charge in [0.15, 0.2) is 6.10 Å². The van der Waals surface area contributed by atoms with Crippen LogP contribution in [0.25, 0.3) is 0 Å². The first-order valence-electron chi connectivity index (χ1n) is 7.43. The highest BCUT2D eigenvalue weighted by Gasteiger charge is 2.23. The van der Waals surface area contributed by atoms with Crippen LogP contribution < -0.4 is 10.1 Å². The largest absolute Gasteiger partial charge is 0.478 e. The van der Waals surface area contributed by atoms with Crippen molar-refractivity contribution in [1.82, 2.24) is 0 Å². The lowest BCUT2D eigenvalue weighted by atomic mass is 10.1. The fraction of sp³-hybridized carbons (Fsp3) is 0.222. The molecule has 0 bridgehead atoms. The Kier molecular flexibility index (Phi) is 5.82. The van der Waals surface area contributed by atoms with Gasteiger partial charge in [-0.05, 0) is 48.5 Å². The first-order chi connectivity index (χ1) is 11.4. The van der Waals surface area contributed by atoms with E-state index < -0.39 is 12.1 Å². The molecule has 2 aromatic rings. The standard InChI is InChI=1S/C18H18ClNO4/c1-11(2)16(18(22)23)24-15-9-3-12(4-10-15)17(21)20-14-7-5-13(19)6-8-14/h3-11,16H,1-2H3,(H,20,21)(H,22,23). The topological polar surface area (TPSA) is 75.6 Å². The molecule has 2 aromatic carbocycles. The number of hydrogen-bond donors (Lipinski definition) is 2. The quantitative estimate of drug-likeness (QED) is 0.825. The van der Waals surface area contributed by atoms with Crippen molar-refractivity contribution in [3.63, 3.8) is 0 Å². The lowest BCUT2D eigenvalue weighted by Crippen LogP contribution is -2.32. The number of aliphatic carboxylic acids is 1. The maximum absolute atomic E-state index is 12.2. The summed E-state index contributed by atoms with van der Waals surface area (Å²) in [7, 11) is 0. The van der Waals surface area contributed by atoms with Gasteiger partial charge in [-0.2, -0.15) is 0 Å². The monoisotopic (exact) mass is 347 g/mol. The van der Waals surface area contributed by atoms with Crippen LogP contribution in [0, 0.1) is 5.92 Å². The van der Waals surface area contributed by atoms with E-state index in [0.717, 1.165) is 0 Å². The highest BCUT2D eigenvalue weighted by Crippen LogP contribution is 2.19. The molecule has 126 valence electrons. The molecule has 6 heteroatoms. The number of nitrogens with one attached hydrogen (secondary N) is 1. The molecule has 1 unspecified atom stereocenters. The summed E-state index contributed by atoms with van der Waals surface area (Å²) in [6, 6.07) is 13.1. The number of amides is 1. The van der Waals surface area contributed by atoms with E-state index in [1.54, 1.807) is 62.4 Å². The van der Waals surface area contributed by atoms with Gasteiger partial charge >= 0.3 is 5.97 Å². The number of anilines is 1. The van der Waals surface area contributed by atoms with Crippen LogP contribution in [0.2, 0.25) is 5.02 Å². The highest BCUT2D eigenvalue weighted by molar-refractivity contribution is 6.30. The average Bonchev–Trinajstić information content (AvgIpc) is 2.54. The van der Waals surface area contributed by atoms with Crippen LogP contribution in [0.5, 0.6) is 5.75 Å². The SMILES string of the molecule is CC(C)C(Oc1ccc(C(=O)Nc2ccc(Cl)cc2)cc1)C(=O)O. The molecule has 0 aliphatic rings. The molecule has 0 spiro atoms. The minimum absolute atomic E-state index is 0.171. The molecule has 0 fully saturated rings. The van der Waals surface area contributed by atoms with Gasteiger partial charge in [-0.3, -0.25) is 4.79 Å². The first-order valence-corrected chi connectivity index (χ1v) is 7.81. The number of benzene rings is 2. The third-order valence-corrected chi connectivity index (χ3v) is 3.58. The molecule has 0 aliphatic carbocycles. The summed E-state index contributed by atoms with van der Waals surface area (Å²) >= 11 is 5.80. The Balaban J connectivity index is 2.04. The maximum Gasteiger partial charge on any atom is 0.345 e. The minimum Gasteiger partial charge on any atom is -0.478 e. The number of halogens is 1. The van der Waals surface area contributed by atoms with E-state index >= 15 is 0 Å². The molecule has 2 N–H and O–H groups in total. The Labute approximate surface area is 145 Å². The van der Waals surface area contributed by atoms with Crippen LogP contribution in [0.15, 0.2) is 48.5 Å². The maximum atomic E-state index is 12.2. The van der Waals surface area contributed by atoms with Crippen LogP contribution >= 0.6 is 11.6 Å². The number of hydrogen-bond acceptors (Lipinski definition) is 3. The Morgan fingerprint density at radius 1 is 1.04 bits per heavy atom. The van der Waals surface area contributed by atoms with E-state index in [0.29, 0.717) is 22.0 Å². The van der Waals surface area contributed by atoms with E-state index in [1.807, 2.05) is 0 Å². The van der Waals surface area contributed by atoms with Crippen molar-refractivity contribution in [2.75, 3.05) is 5.32 Å². The molecule has 0 radical (unpaired) electrons. The minimum atomic E-state index is -1.02. The molecule has 2 rings (SSSR count). The van der Waals surface area contributed by atoms with Gasteiger partial charge in [0.1, 0.15) is 5.75 Å².